The highest BCUT2D eigenvalue weighted by Crippen LogP contribution is 2.30. The van der Waals surface area contributed by atoms with Crippen LogP contribution in [-0.2, 0) is 0 Å². The van der Waals surface area contributed by atoms with Gasteiger partial charge >= 0.3 is 0 Å². The number of pyridine rings is 1. The normalized spacial score (nSPS) is 11.1. The first kappa shape index (κ1) is 9.88. The maximum Gasteiger partial charge on any atom is 0.131 e. The first-order valence-electron chi connectivity index (χ1n) is 4.89. The van der Waals surface area contributed by atoms with Crippen molar-refractivity contribution in [3.63, 3.8) is 0 Å². The number of hydrogen-bond acceptors (Lipinski definition) is 1. The predicted molar refractivity (Wildman–Crippen MR) is 69.3 cm³/mol. The third kappa shape index (κ3) is 1.44. The molecule has 0 radical (unpaired) electrons. The molecule has 0 unspecified atom stereocenters. The van der Waals surface area contributed by atoms with Crippen LogP contribution in [0.25, 0.3) is 21.7 Å². The van der Waals surface area contributed by atoms with Crippen LogP contribution in [0.4, 0.5) is 0 Å². The molecule has 16 heavy (non-hydrogen) atoms. The average molecular weight is 248 g/mol. The van der Waals surface area contributed by atoms with Gasteiger partial charge in [-0.25, -0.2) is 4.98 Å². The van der Waals surface area contributed by atoms with E-state index in [0.29, 0.717) is 10.2 Å². The summed E-state index contributed by atoms with van der Waals surface area (Å²) < 4.78 is 0. The Balaban J connectivity index is 2.59. The second-order valence-corrected chi connectivity index (χ2v) is 4.40. The smallest absolute Gasteiger partial charge is 0.131 e. The quantitative estimate of drug-likeness (QED) is 0.415. The molecule has 2 aromatic carbocycles. The molecular formula is C13H7Cl2N. The van der Waals surface area contributed by atoms with E-state index in [1.807, 2.05) is 36.4 Å². The van der Waals surface area contributed by atoms with Gasteiger partial charge in [0.2, 0.25) is 0 Å². The third-order valence-electron chi connectivity index (χ3n) is 2.62. The molecule has 0 bridgehead atoms. The molecule has 0 aliphatic rings. The van der Waals surface area contributed by atoms with Gasteiger partial charge in [-0.3, -0.25) is 0 Å². The van der Waals surface area contributed by atoms with Crippen LogP contribution >= 0.6 is 23.2 Å². The van der Waals surface area contributed by atoms with E-state index in [1.54, 1.807) is 6.07 Å². The van der Waals surface area contributed by atoms with Gasteiger partial charge in [-0.05, 0) is 11.5 Å². The Morgan fingerprint density at radius 3 is 2.56 bits per heavy atom. The van der Waals surface area contributed by atoms with Crippen molar-refractivity contribution in [1.82, 2.24) is 4.98 Å². The molecule has 3 heteroatoms. The van der Waals surface area contributed by atoms with Crippen molar-refractivity contribution in [1.29, 1.82) is 0 Å². The summed E-state index contributed by atoms with van der Waals surface area (Å²) in [6.45, 7) is 0. The fraction of sp³-hybridized carbons (Fsp3) is 0. The number of halogens is 2. The van der Waals surface area contributed by atoms with Gasteiger partial charge < -0.3 is 0 Å². The lowest BCUT2D eigenvalue weighted by molar-refractivity contribution is 1.42. The van der Waals surface area contributed by atoms with Crippen LogP contribution in [-0.4, -0.2) is 4.98 Å². The minimum absolute atomic E-state index is 0.425. The van der Waals surface area contributed by atoms with E-state index in [1.165, 1.54) is 0 Å². The SMILES string of the molecule is Clc1cc(Cl)c2ccc3ccccc3c2n1. The minimum Gasteiger partial charge on any atom is -0.235 e. The second kappa shape index (κ2) is 3.62. The maximum absolute atomic E-state index is 6.14. The van der Waals surface area contributed by atoms with E-state index in [9.17, 15) is 0 Å². The molecule has 0 spiro atoms. The van der Waals surface area contributed by atoms with Gasteiger partial charge in [0.05, 0.1) is 10.5 Å². The number of aromatic nitrogens is 1. The molecule has 1 nitrogen and oxygen atoms in total. The topological polar surface area (TPSA) is 12.9 Å². The molecule has 3 aromatic rings. The lowest BCUT2D eigenvalue weighted by Crippen LogP contribution is -1.83. The molecule has 0 N–H and O–H groups in total. The second-order valence-electron chi connectivity index (χ2n) is 3.61. The monoisotopic (exact) mass is 247 g/mol. The molecule has 0 amide bonds. The van der Waals surface area contributed by atoms with Crippen LogP contribution in [0.3, 0.4) is 0 Å². The fourth-order valence-corrected chi connectivity index (χ4v) is 2.40. The van der Waals surface area contributed by atoms with Gasteiger partial charge in [-0.1, -0.05) is 59.6 Å². The zero-order valence-corrected chi connectivity index (χ0v) is 9.76. The Labute approximate surface area is 103 Å². The summed E-state index contributed by atoms with van der Waals surface area (Å²) in [5, 5.41) is 4.21. The van der Waals surface area contributed by atoms with Gasteiger partial charge in [0.15, 0.2) is 0 Å². The Morgan fingerprint density at radius 1 is 0.875 bits per heavy atom. The van der Waals surface area contributed by atoms with Crippen molar-refractivity contribution in [3.8, 4) is 0 Å². The van der Waals surface area contributed by atoms with Crippen LogP contribution < -0.4 is 0 Å². The number of fused-ring (bicyclic) bond motifs is 3. The summed E-state index contributed by atoms with van der Waals surface area (Å²) in [7, 11) is 0. The molecule has 0 aliphatic carbocycles. The van der Waals surface area contributed by atoms with E-state index in [2.05, 4.69) is 4.98 Å². The average Bonchev–Trinajstić information content (AvgIpc) is 2.28. The van der Waals surface area contributed by atoms with Gasteiger partial charge in [-0.15, -0.1) is 0 Å². The highest BCUT2D eigenvalue weighted by Gasteiger charge is 2.06. The van der Waals surface area contributed by atoms with E-state index < -0.39 is 0 Å². The molecule has 1 heterocycles. The number of hydrogen-bond donors (Lipinski definition) is 0. The fourth-order valence-electron chi connectivity index (χ4n) is 1.89. The number of nitrogens with zero attached hydrogens (tertiary/aromatic N) is 1. The van der Waals surface area contributed by atoms with E-state index in [4.69, 9.17) is 23.2 Å². The minimum atomic E-state index is 0.425. The van der Waals surface area contributed by atoms with Crippen molar-refractivity contribution < 1.29 is 0 Å². The predicted octanol–water partition coefficient (Wildman–Crippen LogP) is 4.69. The van der Waals surface area contributed by atoms with Crippen LogP contribution in [0, 0.1) is 0 Å². The molecule has 78 valence electrons. The van der Waals surface area contributed by atoms with E-state index in [0.717, 1.165) is 21.7 Å². The summed E-state index contributed by atoms with van der Waals surface area (Å²) in [5.74, 6) is 0. The van der Waals surface area contributed by atoms with Crippen LogP contribution in [0.2, 0.25) is 10.2 Å². The standard InChI is InChI=1S/C13H7Cl2N/c14-11-7-12(15)16-13-9-4-2-1-3-8(9)5-6-10(11)13/h1-7H. The van der Waals surface area contributed by atoms with Crippen molar-refractivity contribution >= 4 is 44.9 Å². The van der Waals surface area contributed by atoms with Crippen LogP contribution in [0.5, 0.6) is 0 Å². The van der Waals surface area contributed by atoms with Crippen molar-refractivity contribution in [2.24, 2.45) is 0 Å². The Hall–Kier alpha value is -1.31. The summed E-state index contributed by atoms with van der Waals surface area (Å²) in [6, 6.07) is 13.7. The molecule has 0 saturated heterocycles. The Morgan fingerprint density at radius 2 is 1.69 bits per heavy atom. The number of benzene rings is 2. The first-order valence-corrected chi connectivity index (χ1v) is 5.65. The molecule has 0 atom stereocenters. The molecule has 3 rings (SSSR count). The summed E-state index contributed by atoms with van der Waals surface area (Å²) in [5.41, 5.74) is 0.857. The number of rotatable bonds is 0. The van der Waals surface area contributed by atoms with E-state index >= 15 is 0 Å². The van der Waals surface area contributed by atoms with Crippen molar-refractivity contribution in [2.75, 3.05) is 0 Å². The van der Waals surface area contributed by atoms with Gasteiger partial charge in [0.25, 0.3) is 0 Å². The molecule has 1 aromatic heterocycles. The van der Waals surface area contributed by atoms with Crippen LogP contribution in [0.1, 0.15) is 0 Å². The van der Waals surface area contributed by atoms with Crippen molar-refractivity contribution in [2.45, 2.75) is 0 Å². The summed E-state index contributed by atoms with van der Waals surface area (Å²) in [4.78, 5) is 4.35. The van der Waals surface area contributed by atoms with Crippen molar-refractivity contribution in [3.05, 3.63) is 52.6 Å². The highest BCUT2D eigenvalue weighted by atomic mass is 35.5. The Bertz CT molecular complexity index is 692. The molecule has 0 aliphatic heterocycles. The molecule has 0 fully saturated rings. The summed E-state index contributed by atoms with van der Waals surface area (Å²) >= 11 is 12.1. The third-order valence-corrected chi connectivity index (χ3v) is 3.13. The lowest BCUT2D eigenvalue weighted by Gasteiger charge is -2.04. The van der Waals surface area contributed by atoms with Gasteiger partial charge in [0, 0.05) is 10.8 Å². The van der Waals surface area contributed by atoms with E-state index in [-0.39, 0.29) is 0 Å². The molecule has 0 saturated carbocycles. The Kier molecular flexibility index (Phi) is 2.23. The highest BCUT2D eigenvalue weighted by molar-refractivity contribution is 6.38. The zero-order valence-electron chi connectivity index (χ0n) is 8.24. The largest absolute Gasteiger partial charge is 0.235 e. The van der Waals surface area contributed by atoms with Crippen LogP contribution in [0.15, 0.2) is 42.5 Å². The van der Waals surface area contributed by atoms with Gasteiger partial charge in [-0.2, -0.15) is 0 Å². The zero-order chi connectivity index (χ0) is 11.1. The molecular weight excluding hydrogens is 241 g/mol. The van der Waals surface area contributed by atoms with Gasteiger partial charge in [0.1, 0.15) is 5.15 Å². The first-order chi connectivity index (χ1) is 7.75. The summed E-state index contributed by atoms with van der Waals surface area (Å²) in [6.07, 6.45) is 0. The maximum atomic E-state index is 6.14. The lowest BCUT2D eigenvalue weighted by atomic mass is 10.1.